The first-order valence-electron chi connectivity index (χ1n) is 6.88. The first-order valence-corrected chi connectivity index (χ1v) is 6.88. The lowest BCUT2D eigenvalue weighted by Gasteiger charge is -2.25. The van der Waals surface area contributed by atoms with Gasteiger partial charge in [-0.2, -0.15) is 0 Å². The second-order valence-corrected chi connectivity index (χ2v) is 5.23. The van der Waals surface area contributed by atoms with E-state index in [0.29, 0.717) is 6.61 Å². The number of benzene rings is 1. The van der Waals surface area contributed by atoms with Gasteiger partial charge in [0.25, 0.3) is 0 Å². The molecule has 98 valence electrons. The molecule has 1 saturated heterocycles. The predicted molar refractivity (Wildman–Crippen MR) is 68.8 cm³/mol. The molecule has 2 aliphatic rings. The monoisotopic (exact) mass is 248 g/mol. The van der Waals surface area contributed by atoms with E-state index in [9.17, 15) is 5.11 Å². The van der Waals surface area contributed by atoms with Gasteiger partial charge in [-0.25, -0.2) is 0 Å². The summed E-state index contributed by atoms with van der Waals surface area (Å²) in [6.45, 7) is 1.53. The summed E-state index contributed by atoms with van der Waals surface area (Å²) < 4.78 is 11.3. The summed E-state index contributed by atoms with van der Waals surface area (Å²) in [5.74, 6) is 0.866. The van der Waals surface area contributed by atoms with Crippen LogP contribution in [0.3, 0.4) is 0 Å². The van der Waals surface area contributed by atoms with Gasteiger partial charge in [-0.1, -0.05) is 6.07 Å². The Morgan fingerprint density at radius 2 is 2.17 bits per heavy atom. The van der Waals surface area contributed by atoms with Crippen LogP contribution >= 0.6 is 0 Å². The number of aryl methyl sites for hydroxylation is 1. The minimum Gasteiger partial charge on any atom is -0.488 e. The zero-order valence-corrected chi connectivity index (χ0v) is 10.6. The van der Waals surface area contributed by atoms with Crippen LogP contribution < -0.4 is 4.74 Å². The van der Waals surface area contributed by atoms with Crippen molar-refractivity contribution in [2.24, 2.45) is 0 Å². The highest BCUT2D eigenvalue weighted by atomic mass is 16.5. The lowest BCUT2D eigenvalue weighted by Crippen LogP contribution is -2.28. The third kappa shape index (κ3) is 2.52. The van der Waals surface area contributed by atoms with E-state index in [0.717, 1.165) is 50.0 Å². The molecule has 0 amide bonds. The number of aliphatic hydroxyl groups excluding tert-OH is 1. The van der Waals surface area contributed by atoms with Crippen molar-refractivity contribution < 1.29 is 14.6 Å². The van der Waals surface area contributed by atoms with Gasteiger partial charge in [0.2, 0.25) is 0 Å². The van der Waals surface area contributed by atoms with Crippen LogP contribution in [-0.4, -0.2) is 24.4 Å². The van der Waals surface area contributed by atoms with Crippen LogP contribution in [0, 0.1) is 0 Å². The molecule has 3 nitrogen and oxygen atoms in total. The first kappa shape index (κ1) is 12.0. The maximum absolute atomic E-state index is 10.0. The molecule has 1 N–H and O–H groups in total. The largest absolute Gasteiger partial charge is 0.488 e. The fraction of sp³-hybridized carbons (Fsp3) is 0.600. The predicted octanol–water partition coefficient (Wildman–Crippen LogP) is 2.61. The Hall–Kier alpha value is -1.06. The highest BCUT2D eigenvalue weighted by Gasteiger charge is 2.20. The number of fused-ring (bicyclic) bond motifs is 1. The van der Waals surface area contributed by atoms with Crippen LogP contribution in [0.2, 0.25) is 0 Å². The molecule has 0 aromatic heterocycles. The molecular formula is C15H20O3. The van der Waals surface area contributed by atoms with E-state index in [1.54, 1.807) is 0 Å². The highest BCUT2D eigenvalue weighted by molar-refractivity contribution is 5.38. The third-order valence-electron chi connectivity index (χ3n) is 3.82. The number of ether oxygens (including phenoxy) is 2. The number of hydrogen-bond acceptors (Lipinski definition) is 3. The van der Waals surface area contributed by atoms with Gasteiger partial charge < -0.3 is 14.6 Å². The van der Waals surface area contributed by atoms with E-state index in [2.05, 4.69) is 6.07 Å². The van der Waals surface area contributed by atoms with Crippen molar-refractivity contribution >= 4 is 0 Å². The van der Waals surface area contributed by atoms with Crippen LogP contribution in [0.5, 0.6) is 5.75 Å². The molecule has 0 bridgehead atoms. The van der Waals surface area contributed by atoms with Crippen molar-refractivity contribution in [3.05, 3.63) is 29.3 Å². The van der Waals surface area contributed by atoms with Gasteiger partial charge in [0.15, 0.2) is 0 Å². The fourth-order valence-corrected chi connectivity index (χ4v) is 2.82. The number of aliphatic hydroxyl groups is 1. The molecule has 18 heavy (non-hydrogen) atoms. The Morgan fingerprint density at radius 3 is 3.00 bits per heavy atom. The molecule has 1 fully saturated rings. The van der Waals surface area contributed by atoms with E-state index >= 15 is 0 Å². The summed E-state index contributed by atoms with van der Waals surface area (Å²) in [5, 5.41) is 10.0. The van der Waals surface area contributed by atoms with Crippen LogP contribution in [0.15, 0.2) is 18.2 Å². The quantitative estimate of drug-likeness (QED) is 0.874. The van der Waals surface area contributed by atoms with Crippen molar-refractivity contribution in [2.75, 3.05) is 13.2 Å². The van der Waals surface area contributed by atoms with E-state index in [1.165, 1.54) is 5.56 Å². The topological polar surface area (TPSA) is 38.7 Å². The Labute approximate surface area is 108 Å². The van der Waals surface area contributed by atoms with Gasteiger partial charge >= 0.3 is 0 Å². The van der Waals surface area contributed by atoms with Crippen LogP contribution in [0.1, 0.15) is 42.9 Å². The molecule has 1 heterocycles. The normalized spacial score (nSPS) is 27.6. The Bertz CT molecular complexity index is 410. The molecule has 1 aromatic carbocycles. The molecule has 3 heteroatoms. The molecule has 3 rings (SSSR count). The van der Waals surface area contributed by atoms with Gasteiger partial charge in [0.1, 0.15) is 11.9 Å². The summed E-state index contributed by atoms with van der Waals surface area (Å²) in [4.78, 5) is 0. The van der Waals surface area contributed by atoms with Crippen molar-refractivity contribution in [2.45, 2.75) is 44.3 Å². The molecule has 1 unspecified atom stereocenters. The number of rotatable bonds is 2. The average molecular weight is 248 g/mol. The van der Waals surface area contributed by atoms with E-state index in [4.69, 9.17) is 9.47 Å². The molecule has 0 saturated carbocycles. The second kappa shape index (κ2) is 5.29. The van der Waals surface area contributed by atoms with Crippen LogP contribution in [-0.2, 0) is 11.2 Å². The standard InChI is InChI=1S/C15H20O3/c16-15-5-1-3-11-6-7-12(9-14(11)15)18-13-4-2-8-17-10-13/h6-7,9,13,15-16H,1-5,8,10H2/t13?,15-/m0/s1. The van der Waals surface area contributed by atoms with Crippen molar-refractivity contribution in [1.29, 1.82) is 0 Å². The minimum absolute atomic E-state index is 0.164. The molecule has 1 aliphatic carbocycles. The van der Waals surface area contributed by atoms with E-state index < -0.39 is 0 Å². The fourth-order valence-electron chi connectivity index (χ4n) is 2.82. The van der Waals surface area contributed by atoms with E-state index in [-0.39, 0.29) is 12.2 Å². The van der Waals surface area contributed by atoms with Gasteiger partial charge in [0.05, 0.1) is 12.7 Å². The summed E-state index contributed by atoms with van der Waals surface area (Å²) in [7, 11) is 0. The minimum atomic E-state index is -0.320. The molecule has 2 atom stereocenters. The summed E-state index contributed by atoms with van der Waals surface area (Å²) in [6.07, 6.45) is 4.97. The Kier molecular flexibility index (Phi) is 3.52. The molecule has 0 radical (unpaired) electrons. The lowest BCUT2D eigenvalue weighted by molar-refractivity contribution is 0.00728. The van der Waals surface area contributed by atoms with E-state index in [1.807, 2.05) is 12.1 Å². The summed E-state index contributed by atoms with van der Waals surface area (Å²) >= 11 is 0. The lowest BCUT2D eigenvalue weighted by atomic mass is 9.89. The maximum Gasteiger partial charge on any atom is 0.122 e. The second-order valence-electron chi connectivity index (χ2n) is 5.23. The summed E-state index contributed by atoms with van der Waals surface area (Å²) in [5.41, 5.74) is 2.32. The Morgan fingerprint density at radius 1 is 1.22 bits per heavy atom. The molecular weight excluding hydrogens is 228 g/mol. The van der Waals surface area contributed by atoms with Gasteiger partial charge in [-0.05, 0) is 55.4 Å². The molecule has 0 spiro atoms. The van der Waals surface area contributed by atoms with Gasteiger partial charge in [-0.3, -0.25) is 0 Å². The summed E-state index contributed by atoms with van der Waals surface area (Å²) in [6, 6.07) is 6.12. The van der Waals surface area contributed by atoms with Crippen molar-refractivity contribution in [3.8, 4) is 5.75 Å². The van der Waals surface area contributed by atoms with Gasteiger partial charge in [0, 0.05) is 6.61 Å². The molecule has 1 aromatic rings. The molecule has 1 aliphatic heterocycles. The van der Waals surface area contributed by atoms with Crippen LogP contribution in [0.4, 0.5) is 0 Å². The Balaban J connectivity index is 1.74. The average Bonchev–Trinajstić information content (AvgIpc) is 2.41. The smallest absolute Gasteiger partial charge is 0.122 e. The highest BCUT2D eigenvalue weighted by Crippen LogP contribution is 2.32. The zero-order chi connectivity index (χ0) is 12.4. The third-order valence-corrected chi connectivity index (χ3v) is 3.82. The van der Waals surface area contributed by atoms with Crippen LogP contribution in [0.25, 0.3) is 0 Å². The van der Waals surface area contributed by atoms with Gasteiger partial charge in [-0.15, -0.1) is 0 Å². The number of hydrogen-bond donors (Lipinski definition) is 1. The van der Waals surface area contributed by atoms with Crippen molar-refractivity contribution in [3.63, 3.8) is 0 Å². The maximum atomic E-state index is 10.0. The zero-order valence-electron chi connectivity index (χ0n) is 10.6. The van der Waals surface area contributed by atoms with Crippen molar-refractivity contribution in [1.82, 2.24) is 0 Å². The SMILES string of the molecule is O[C@H]1CCCc2ccc(OC3CCCOC3)cc21. The first-order chi connectivity index (χ1) is 8.83.